The van der Waals surface area contributed by atoms with Crippen molar-refractivity contribution in [3.05, 3.63) is 0 Å². The second-order valence-corrected chi connectivity index (χ2v) is 10.1. The quantitative estimate of drug-likeness (QED) is 0.752. The first kappa shape index (κ1) is 16.4. The summed E-state index contributed by atoms with van der Waals surface area (Å²) in [5, 5.41) is 20.4. The van der Waals surface area contributed by atoms with Gasteiger partial charge in [-0.3, -0.25) is 0 Å². The zero-order valence-corrected chi connectivity index (χ0v) is 15.3. The summed E-state index contributed by atoms with van der Waals surface area (Å²) < 4.78 is 0. The molecule has 4 aliphatic rings. The Morgan fingerprint density at radius 2 is 1.57 bits per heavy atom. The molecule has 4 saturated carbocycles. The lowest BCUT2D eigenvalue weighted by Gasteiger charge is -2.61. The number of rotatable bonds is 1. The van der Waals surface area contributed by atoms with E-state index in [1.807, 2.05) is 6.92 Å². The lowest BCUT2D eigenvalue weighted by molar-refractivity contribution is -0.132. The molecule has 4 rings (SSSR count). The lowest BCUT2D eigenvalue weighted by atomic mass is 9.44. The molecular weight excluding hydrogens is 284 g/mol. The Bertz CT molecular complexity index is 461. The van der Waals surface area contributed by atoms with Gasteiger partial charge in [-0.05, 0) is 105 Å². The Hall–Kier alpha value is -0.0800. The van der Waals surface area contributed by atoms with Crippen LogP contribution in [-0.4, -0.2) is 22.4 Å². The molecule has 4 fully saturated rings. The molecule has 132 valence electrons. The van der Waals surface area contributed by atoms with Crippen LogP contribution in [0.3, 0.4) is 0 Å². The highest BCUT2D eigenvalue weighted by atomic mass is 16.3. The summed E-state index contributed by atoms with van der Waals surface area (Å²) in [6, 6.07) is 0. The molecule has 0 heterocycles. The van der Waals surface area contributed by atoms with Crippen molar-refractivity contribution in [2.24, 2.45) is 40.4 Å². The monoisotopic (exact) mass is 320 g/mol. The highest BCUT2D eigenvalue weighted by molar-refractivity contribution is 5.09. The third-order valence-corrected chi connectivity index (χ3v) is 9.29. The van der Waals surface area contributed by atoms with E-state index in [1.54, 1.807) is 0 Å². The van der Waals surface area contributed by atoms with Crippen molar-refractivity contribution in [1.29, 1.82) is 0 Å². The summed E-state index contributed by atoms with van der Waals surface area (Å²) in [5.41, 5.74) is 0.860. The van der Waals surface area contributed by atoms with Gasteiger partial charge in [0.05, 0.1) is 12.2 Å². The number of hydrogen-bond acceptors (Lipinski definition) is 2. The first-order chi connectivity index (χ1) is 10.9. The van der Waals surface area contributed by atoms with Crippen LogP contribution in [0.4, 0.5) is 0 Å². The molecule has 9 atom stereocenters. The normalized spacial score (nSPS) is 57.3. The van der Waals surface area contributed by atoms with Crippen LogP contribution in [0.2, 0.25) is 0 Å². The molecule has 4 aliphatic carbocycles. The second-order valence-electron chi connectivity index (χ2n) is 10.1. The summed E-state index contributed by atoms with van der Waals surface area (Å²) in [5.74, 6) is 3.87. The number of aliphatic hydroxyl groups is 2. The molecule has 2 N–H and O–H groups in total. The maximum Gasteiger partial charge on any atom is 0.0545 e. The van der Waals surface area contributed by atoms with E-state index < -0.39 is 0 Å². The van der Waals surface area contributed by atoms with E-state index in [0.29, 0.717) is 16.7 Å². The third-order valence-electron chi connectivity index (χ3n) is 9.29. The molecule has 0 saturated heterocycles. The van der Waals surface area contributed by atoms with Crippen LogP contribution in [-0.2, 0) is 0 Å². The molecule has 0 radical (unpaired) electrons. The summed E-state index contributed by atoms with van der Waals surface area (Å²) in [6.07, 6.45) is 11.1. The topological polar surface area (TPSA) is 40.5 Å². The van der Waals surface area contributed by atoms with Crippen molar-refractivity contribution in [1.82, 2.24) is 0 Å². The average molecular weight is 321 g/mol. The summed E-state index contributed by atoms with van der Waals surface area (Å²) in [6.45, 7) is 7.08. The molecule has 0 aliphatic heterocycles. The van der Waals surface area contributed by atoms with Crippen LogP contribution in [0.1, 0.15) is 78.6 Å². The molecule has 2 nitrogen and oxygen atoms in total. The molecular formula is C21H36O2. The van der Waals surface area contributed by atoms with E-state index in [4.69, 9.17) is 0 Å². The van der Waals surface area contributed by atoms with Crippen LogP contribution in [0.5, 0.6) is 0 Å². The fourth-order valence-corrected chi connectivity index (χ4v) is 8.07. The predicted molar refractivity (Wildman–Crippen MR) is 92.9 cm³/mol. The fraction of sp³-hybridized carbons (Fsp3) is 1.00. The smallest absolute Gasteiger partial charge is 0.0545 e. The summed E-state index contributed by atoms with van der Waals surface area (Å²) in [4.78, 5) is 0. The van der Waals surface area contributed by atoms with E-state index >= 15 is 0 Å². The summed E-state index contributed by atoms with van der Waals surface area (Å²) >= 11 is 0. The second kappa shape index (κ2) is 5.46. The van der Waals surface area contributed by atoms with Crippen LogP contribution in [0.25, 0.3) is 0 Å². The van der Waals surface area contributed by atoms with Gasteiger partial charge in [0, 0.05) is 0 Å². The average Bonchev–Trinajstić information content (AvgIpc) is 2.85. The first-order valence-corrected chi connectivity index (χ1v) is 10.2. The highest BCUT2D eigenvalue weighted by Crippen LogP contribution is 2.67. The van der Waals surface area contributed by atoms with Gasteiger partial charge in [0.1, 0.15) is 0 Å². The van der Waals surface area contributed by atoms with Crippen LogP contribution >= 0.6 is 0 Å². The fourth-order valence-electron chi connectivity index (χ4n) is 8.07. The van der Waals surface area contributed by atoms with Crippen LogP contribution < -0.4 is 0 Å². The van der Waals surface area contributed by atoms with Gasteiger partial charge in [0.15, 0.2) is 0 Å². The Morgan fingerprint density at radius 1 is 0.870 bits per heavy atom. The Morgan fingerprint density at radius 3 is 2.30 bits per heavy atom. The Labute approximate surface area is 142 Å². The van der Waals surface area contributed by atoms with E-state index in [-0.39, 0.29) is 12.2 Å². The Balaban J connectivity index is 1.60. The van der Waals surface area contributed by atoms with Gasteiger partial charge < -0.3 is 10.2 Å². The molecule has 0 bridgehead atoms. The van der Waals surface area contributed by atoms with Crippen molar-refractivity contribution in [2.45, 2.75) is 90.8 Å². The van der Waals surface area contributed by atoms with Crippen LogP contribution in [0, 0.1) is 40.4 Å². The van der Waals surface area contributed by atoms with Crippen molar-refractivity contribution in [3.63, 3.8) is 0 Å². The molecule has 1 unspecified atom stereocenters. The van der Waals surface area contributed by atoms with Crippen LogP contribution in [0.15, 0.2) is 0 Å². The molecule has 0 aromatic heterocycles. The van der Waals surface area contributed by atoms with E-state index in [9.17, 15) is 10.2 Å². The standard InChI is InChI=1S/C21H36O2/c1-13(22)17-6-7-18-16-5-4-14-12-15(23)8-10-20(14,2)19(16)9-11-21(17,18)3/h13-19,22-23H,4-12H2,1-3H3/t13-,14-,15+,16+,17?,18+,19+,20+,21-/m1/s1. The maximum absolute atomic E-state index is 10.3. The van der Waals surface area contributed by atoms with Gasteiger partial charge in [0.2, 0.25) is 0 Å². The van der Waals surface area contributed by atoms with Gasteiger partial charge in [0.25, 0.3) is 0 Å². The molecule has 23 heavy (non-hydrogen) atoms. The molecule has 0 amide bonds. The number of hydrogen-bond donors (Lipinski definition) is 2. The SMILES string of the molecule is C[C@@H](O)C1CC[C@H]2[C@@H]3CC[C@@H]4C[C@@H](O)CC[C@]4(C)[C@H]3CC[C@]12C. The largest absolute Gasteiger partial charge is 0.393 e. The van der Waals surface area contributed by atoms with E-state index in [2.05, 4.69) is 13.8 Å². The zero-order chi connectivity index (χ0) is 16.4. The first-order valence-electron chi connectivity index (χ1n) is 10.2. The minimum Gasteiger partial charge on any atom is -0.393 e. The van der Waals surface area contributed by atoms with E-state index in [0.717, 1.165) is 36.5 Å². The minimum absolute atomic E-state index is 0.0374. The van der Waals surface area contributed by atoms with Gasteiger partial charge in [-0.2, -0.15) is 0 Å². The molecule has 0 aromatic carbocycles. The van der Waals surface area contributed by atoms with Crippen molar-refractivity contribution < 1.29 is 10.2 Å². The molecule has 0 aromatic rings. The molecule has 2 heteroatoms. The van der Waals surface area contributed by atoms with E-state index in [1.165, 1.54) is 44.9 Å². The highest BCUT2D eigenvalue weighted by Gasteiger charge is 2.60. The van der Waals surface area contributed by atoms with Crippen molar-refractivity contribution >= 4 is 0 Å². The van der Waals surface area contributed by atoms with Gasteiger partial charge >= 0.3 is 0 Å². The Kier molecular flexibility index (Phi) is 3.89. The van der Waals surface area contributed by atoms with Crippen molar-refractivity contribution in [3.8, 4) is 0 Å². The maximum atomic E-state index is 10.3. The number of aliphatic hydroxyl groups excluding tert-OH is 2. The lowest BCUT2D eigenvalue weighted by Crippen LogP contribution is -2.54. The number of fused-ring (bicyclic) bond motifs is 5. The predicted octanol–water partition coefficient (Wildman–Crippen LogP) is 4.39. The van der Waals surface area contributed by atoms with Gasteiger partial charge in [-0.25, -0.2) is 0 Å². The minimum atomic E-state index is -0.140. The third kappa shape index (κ3) is 2.27. The van der Waals surface area contributed by atoms with Crippen molar-refractivity contribution in [2.75, 3.05) is 0 Å². The zero-order valence-electron chi connectivity index (χ0n) is 15.3. The molecule has 0 spiro atoms. The van der Waals surface area contributed by atoms with Gasteiger partial charge in [-0.1, -0.05) is 13.8 Å². The van der Waals surface area contributed by atoms with Gasteiger partial charge in [-0.15, -0.1) is 0 Å². The summed E-state index contributed by atoms with van der Waals surface area (Å²) in [7, 11) is 0.